The van der Waals surface area contributed by atoms with Crippen LogP contribution in [0.25, 0.3) is 22.3 Å². The normalized spacial score (nSPS) is 13.9. The summed E-state index contributed by atoms with van der Waals surface area (Å²) < 4.78 is 1.84. The first kappa shape index (κ1) is 20.6. The van der Waals surface area contributed by atoms with Gasteiger partial charge in [-0.2, -0.15) is 0 Å². The molecule has 2 aromatic carbocycles. The first-order valence-electron chi connectivity index (χ1n) is 10.7. The third kappa shape index (κ3) is 4.25. The zero-order valence-corrected chi connectivity index (χ0v) is 17.9. The lowest BCUT2D eigenvalue weighted by Crippen LogP contribution is -2.49. The third-order valence-electron chi connectivity index (χ3n) is 5.90. The number of carbonyl (C=O) groups excluding carboxylic acids is 1. The minimum Gasteiger partial charge on any atom is -0.353 e. The topological polar surface area (TPSA) is 97.4 Å². The van der Waals surface area contributed by atoms with E-state index in [1.165, 1.54) is 12.1 Å². The SMILES string of the molecule is O=C(Cn1ccc2cc([N+](=O)[O-])ccc21)N1CCN(c2ccnc(-c3ccccc3)n2)CC1. The molecule has 0 spiro atoms. The molecule has 1 fully saturated rings. The fourth-order valence-electron chi connectivity index (χ4n) is 4.12. The lowest BCUT2D eigenvalue weighted by molar-refractivity contribution is -0.384. The fourth-order valence-corrected chi connectivity index (χ4v) is 4.12. The Morgan fingerprint density at radius 2 is 1.79 bits per heavy atom. The van der Waals surface area contributed by atoms with E-state index < -0.39 is 4.92 Å². The van der Waals surface area contributed by atoms with E-state index in [2.05, 4.69) is 9.88 Å². The van der Waals surface area contributed by atoms with Crippen molar-refractivity contribution in [2.45, 2.75) is 6.54 Å². The number of amides is 1. The van der Waals surface area contributed by atoms with Gasteiger partial charge in [-0.25, -0.2) is 9.97 Å². The lowest BCUT2D eigenvalue weighted by Gasteiger charge is -2.35. The van der Waals surface area contributed by atoms with Gasteiger partial charge in [0.15, 0.2) is 5.82 Å². The highest BCUT2D eigenvalue weighted by Gasteiger charge is 2.23. The molecule has 2 aromatic heterocycles. The molecule has 3 heterocycles. The fraction of sp³-hybridized carbons (Fsp3) is 0.208. The third-order valence-corrected chi connectivity index (χ3v) is 5.90. The van der Waals surface area contributed by atoms with Gasteiger partial charge in [-0.3, -0.25) is 14.9 Å². The van der Waals surface area contributed by atoms with Crippen LogP contribution in [-0.4, -0.2) is 56.4 Å². The van der Waals surface area contributed by atoms with Crippen molar-refractivity contribution in [1.29, 1.82) is 0 Å². The van der Waals surface area contributed by atoms with E-state index in [0.717, 1.165) is 22.3 Å². The van der Waals surface area contributed by atoms with E-state index >= 15 is 0 Å². The number of fused-ring (bicyclic) bond motifs is 1. The Morgan fingerprint density at radius 1 is 1.00 bits per heavy atom. The van der Waals surface area contributed by atoms with Crippen LogP contribution in [0.15, 0.2) is 73.1 Å². The average molecular weight is 442 g/mol. The zero-order valence-electron chi connectivity index (χ0n) is 17.9. The predicted molar refractivity (Wildman–Crippen MR) is 125 cm³/mol. The van der Waals surface area contributed by atoms with Gasteiger partial charge in [0.05, 0.1) is 4.92 Å². The van der Waals surface area contributed by atoms with Crippen molar-refractivity contribution in [3.8, 4) is 11.4 Å². The Balaban J connectivity index is 1.23. The van der Waals surface area contributed by atoms with Crippen molar-refractivity contribution in [2.75, 3.05) is 31.1 Å². The molecular weight excluding hydrogens is 420 g/mol. The van der Waals surface area contributed by atoms with Crippen molar-refractivity contribution >= 4 is 28.3 Å². The van der Waals surface area contributed by atoms with Gasteiger partial charge in [0, 0.05) is 67.2 Å². The molecule has 1 saturated heterocycles. The van der Waals surface area contributed by atoms with E-state index in [1.54, 1.807) is 24.5 Å². The molecule has 0 N–H and O–H groups in total. The Labute approximate surface area is 190 Å². The van der Waals surface area contributed by atoms with Gasteiger partial charge in [0.1, 0.15) is 12.4 Å². The van der Waals surface area contributed by atoms with Crippen molar-refractivity contribution in [2.24, 2.45) is 0 Å². The maximum Gasteiger partial charge on any atom is 0.270 e. The van der Waals surface area contributed by atoms with Gasteiger partial charge in [-0.15, -0.1) is 0 Å². The molecule has 9 nitrogen and oxygen atoms in total. The second-order valence-corrected chi connectivity index (χ2v) is 7.92. The second-order valence-electron chi connectivity index (χ2n) is 7.92. The molecule has 0 bridgehead atoms. The summed E-state index contributed by atoms with van der Waals surface area (Å²) in [5.74, 6) is 1.57. The summed E-state index contributed by atoms with van der Waals surface area (Å²) in [5.41, 5.74) is 1.82. The van der Waals surface area contributed by atoms with Crippen LogP contribution in [0.2, 0.25) is 0 Å². The van der Waals surface area contributed by atoms with Crippen LogP contribution in [0.5, 0.6) is 0 Å². The number of carbonyl (C=O) groups is 1. The highest BCUT2D eigenvalue weighted by molar-refractivity contribution is 5.85. The average Bonchev–Trinajstić information content (AvgIpc) is 3.26. The molecule has 0 atom stereocenters. The molecule has 1 amide bonds. The number of aromatic nitrogens is 3. The number of hydrogen-bond donors (Lipinski definition) is 0. The van der Waals surface area contributed by atoms with Crippen molar-refractivity contribution in [3.05, 3.63) is 83.2 Å². The molecule has 1 aliphatic rings. The minimum atomic E-state index is -0.415. The van der Waals surface area contributed by atoms with Gasteiger partial charge in [0.25, 0.3) is 5.69 Å². The number of hydrogen-bond acceptors (Lipinski definition) is 6. The van der Waals surface area contributed by atoms with E-state index in [9.17, 15) is 14.9 Å². The maximum atomic E-state index is 12.9. The highest BCUT2D eigenvalue weighted by atomic mass is 16.6. The number of anilines is 1. The molecule has 5 rings (SSSR count). The van der Waals surface area contributed by atoms with Gasteiger partial charge in [-0.1, -0.05) is 30.3 Å². The molecular formula is C24H22N6O3. The number of nitro benzene ring substituents is 1. The Hall–Kier alpha value is -4.27. The standard InChI is InChI=1S/C24H22N6O3/c31-23(17-29-11-9-19-16-20(30(32)33)6-7-21(19)29)28-14-12-27(13-15-28)22-8-10-25-24(26-22)18-4-2-1-3-5-18/h1-11,16H,12-15,17H2. The molecule has 0 unspecified atom stereocenters. The summed E-state index contributed by atoms with van der Waals surface area (Å²) in [4.78, 5) is 36.6. The highest BCUT2D eigenvalue weighted by Crippen LogP contribution is 2.23. The van der Waals surface area contributed by atoms with Crippen LogP contribution in [0.1, 0.15) is 0 Å². The molecule has 0 aliphatic carbocycles. The van der Waals surface area contributed by atoms with Crippen LogP contribution < -0.4 is 4.90 Å². The van der Waals surface area contributed by atoms with Gasteiger partial charge in [-0.05, 0) is 18.2 Å². The summed E-state index contributed by atoms with van der Waals surface area (Å²) in [6.45, 7) is 2.79. The zero-order chi connectivity index (χ0) is 22.8. The van der Waals surface area contributed by atoms with Crippen LogP contribution >= 0.6 is 0 Å². The van der Waals surface area contributed by atoms with Crippen molar-refractivity contribution in [1.82, 2.24) is 19.4 Å². The summed E-state index contributed by atoms with van der Waals surface area (Å²) in [6.07, 6.45) is 3.57. The number of nitro groups is 1. The predicted octanol–water partition coefficient (Wildman–Crippen LogP) is 3.36. The second kappa shape index (κ2) is 8.70. The Bertz CT molecular complexity index is 1310. The molecule has 166 valence electrons. The summed E-state index contributed by atoms with van der Waals surface area (Å²) >= 11 is 0. The van der Waals surface area contributed by atoms with E-state index in [4.69, 9.17) is 4.98 Å². The molecule has 4 aromatic rings. The number of rotatable bonds is 5. The minimum absolute atomic E-state index is 0.0261. The summed E-state index contributed by atoms with van der Waals surface area (Å²) in [6, 6.07) is 18.2. The van der Waals surface area contributed by atoms with Crippen LogP contribution in [0, 0.1) is 10.1 Å². The number of non-ortho nitro benzene ring substituents is 1. The first-order chi connectivity index (χ1) is 16.1. The van der Waals surface area contributed by atoms with E-state index in [-0.39, 0.29) is 18.1 Å². The van der Waals surface area contributed by atoms with Crippen LogP contribution in [-0.2, 0) is 11.3 Å². The number of nitrogens with zero attached hydrogens (tertiary/aromatic N) is 6. The quantitative estimate of drug-likeness (QED) is 0.347. The molecule has 9 heteroatoms. The number of benzene rings is 2. The Kier molecular flexibility index (Phi) is 5.43. The van der Waals surface area contributed by atoms with Crippen molar-refractivity contribution in [3.63, 3.8) is 0 Å². The number of piperazine rings is 1. The maximum absolute atomic E-state index is 12.9. The van der Waals surface area contributed by atoms with Gasteiger partial charge in [0.2, 0.25) is 5.91 Å². The largest absolute Gasteiger partial charge is 0.353 e. The monoisotopic (exact) mass is 442 g/mol. The van der Waals surface area contributed by atoms with Gasteiger partial charge < -0.3 is 14.4 Å². The van der Waals surface area contributed by atoms with Crippen molar-refractivity contribution < 1.29 is 9.72 Å². The summed E-state index contributed by atoms with van der Waals surface area (Å²) in [7, 11) is 0. The smallest absolute Gasteiger partial charge is 0.270 e. The first-order valence-corrected chi connectivity index (χ1v) is 10.7. The molecule has 33 heavy (non-hydrogen) atoms. The summed E-state index contributed by atoms with van der Waals surface area (Å²) in [5, 5.41) is 11.7. The molecule has 1 aliphatic heterocycles. The Morgan fingerprint density at radius 3 is 2.55 bits per heavy atom. The van der Waals surface area contributed by atoms with Gasteiger partial charge >= 0.3 is 0 Å². The molecule has 0 radical (unpaired) electrons. The van der Waals surface area contributed by atoms with E-state index in [0.29, 0.717) is 32.0 Å². The molecule has 0 saturated carbocycles. The van der Waals surface area contributed by atoms with E-state index in [1.807, 2.05) is 45.9 Å². The van der Waals surface area contributed by atoms with Crippen LogP contribution in [0.4, 0.5) is 11.5 Å². The van der Waals surface area contributed by atoms with Crippen LogP contribution in [0.3, 0.4) is 0 Å². The lowest BCUT2D eigenvalue weighted by atomic mass is 10.2.